The van der Waals surface area contributed by atoms with Crippen molar-refractivity contribution in [3.05, 3.63) is 12.7 Å². The summed E-state index contributed by atoms with van der Waals surface area (Å²) in [6.07, 6.45) is 8.61. The number of rotatable bonds is 4. The van der Waals surface area contributed by atoms with Gasteiger partial charge in [0.2, 0.25) is 0 Å². The van der Waals surface area contributed by atoms with Crippen molar-refractivity contribution in [1.82, 2.24) is 20.1 Å². The first-order chi connectivity index (χ1) is 7.85. The number of nitrogens with one attached hydrogen (secondary N) is 1. The molecule has 2 rings (SSSR count). The summed E-state index contributed by atoms with van der Waals surface area (Å²) in [5.74, 6) is 0.851. The lowest BCUT2D eigenvalue weighted by molar-refractivity contribution is 0.192. The second-order valence-electron chi connectivity index (χ2n) is 4.69. The maximum atomic E-state index is 4.31. The van der Waals surface area contributed by atoms with Gasteiger partial charge in [0.15, 0.2) is 0 Å². The Morgan fingerprint density at radius 3 is 2.88 bits per heavy atom. The molecular formula is C12H22N4. The molecule has 1 aliphatic rings. The van der Waals surface area contributed by atoms with E-state index in [9.17, 15) is 0 Å². The third-order valence-corrected chi connectivity index (χ3v) is 3.75. The molecule has 4 nitrogen and oxygen atoms in total. The predicted octanol–water partition coefficient (Wildman–Crippen LogP) is 2.01. The Bertz CT molecular complexity index is 296. The average molecular weight is 222 g/mol. The summed E-state index contributed by atoms with van der Waals surface area (Å²) in [5.41, 5.74) is 0. The van der Waals surface area contributed by atoms with Gasteiger partial charge >= 0.3 is 0 Å². The van der Waals surface area contributed by atoms with Gasteiger partial charge in [0.1, 0.15) is 12.7 Å². The highest BCUT2D eigenvalue weighted by molar-refractivity contribution is 4.87. The first-order valence-corrected chi connectivity index (χ1v) is 6.42. The Kier molecular flexibility index (Phi) is 3.93. The SMILES string of the molecule is CCNC1CCC(CC)CC1n1cncn1. The molecule has 0 aliphatic heterocycles. The maximum Gasteiger partial charge on any atom is 0.137 e. The van der Waals surface area contributed by atoms with Gasteiger partial charge in [-0.15, -0.1) is 0 Å². The van der Waals surface area contributed by atoms with E-state index in [0.29, 0.717) is 12.1 Å². The molecule has 0 saturated heterocycles. The van der Waals surface area contributed by atoms with E-state index in [0.717, 1.165) is 12.5 Å². The van der Waals surface area contributed by atoms with E-state index < -0.39 is 0 Å². The van der Waals surface area contributed by atoms with Crippen molar-refractivity contribution in [1.29, 1.82) is 0 Å². The van der Waals surface area contributed by atoms with E-state index in [1.807, 2.05) is 11.0 Å². The quantitative estimate of drug-likeness (QED) is 0.847. The molecule has 16 heavy (non-hydrogen) atoms. The second kappa shape index (κ2) is 5.43. The van der Waals surface area contributed by atoms with Crippen molar-refractivity contribution in [3.63, 3.8) is 0 Å². The average Bonchev–Trinajstić information content (AvgIpc) is 2.83. The van der Waals surface area contributed by atoms with Crippen molar-refractivity contribution in [2.45, 2.75) is 51.6 Å². The minimum atomic E-state index is 0.487. The van der Waals surface area contributed by atoms with Gasteiger partial charge in [-0.1, -0.05) is 20.3 Å². The standard InChI is InChI=1S/C12H22N4/c1-3-10-5-6-11(14-4-2)12(7-10)16-9-13-8-15-16/h8-12,14H,3-7H2,1-2H3. The Morgan fingerprint density at radius 2 is 2.25 bits per heavy atom. The number of nitrogens with zero attached hydrogens (tertiary/aromatic N) is 3. The molecule has 0 bridgehead atoms. The zero-order valence-corrected chi connectivity index (χ0v) is 10.3. The molecule has 1 aromatic heterocycles. The van der Waals surface area contributed by atoms with Crippen LogP contribution in [0, 0.1) is 5.92 Å². The first kappa shape index (κ1) is 11.6. The highest BCUT2D eigenvalue weighted by Gasteiger charge is 2.30. The molecule has 1 N–H and O–H groups in total. The van der Waals surface area contributed by atoms with Crippen molar-refractivity contribution in [2.75, 3.05) is 6.54 Å². The van der Waals surface area contributed by atoms with Crippen LogP contribution in [0.2, 0.25) is 0 Å². The fourth-order valence-electron chi connectivity index (χ4n) is 2.78. The van der Waals surface area contributed by atoms with Crippen LogP contribution < -0.4 is 5.32 Å². The predicted molar refractivity (Wildman–Crippen MR) is 64.2 cm³/mol. The van der Waals surface area contributed by atoms with E-state index >= 15 is 0 Å². The fraction of sp³-hybridized carbons (Fsp3) is 0.833. The number of hydrogen-bond acceptors (Lipinski definition) is 3. The highest BCUT2D eigenvalue weighted by atomic mass is 15.3. The minimum Gasteiger partial charge on any atom is -0.312 e. The second-order valence-corrected chi connectivity index (χ2v) is 4.69. The monoisotopic (exact) mass is 222 g/mol. The molecule has 90 valence electrons. The van der Waals surface area contributed by atoms with Crippen LogP contribution in [-0.4, -0.2) is 27.4 Å². The summed E-state index contributed by atoms with van der Waals surface area (Å²) in [6.45, 7) is 5.49. The van der Waals surface area contributed by atoms with Crippen LogP contribution in [0.1, 0.15) is 45.6 Å². The molecular weight excluding hydrogens is 200 g/mol. The Hall–Kier alpha value is -0.900. The van der Waals surface area contributed by atoms with Gasteiger partial charge in [0, 0.05) is 6.04 Å². The smallest absolute Gasteiger partial charge is 0.137 e. The van der Waals surface area contributed by atoms with E-state index in [1.54, 1.807) is 6.33 Å². The van der Waals surface area contributed by atoms with Crippen LogP contribution in [0.5, 0.6) is 0 Å². The van der Waals surface area contributed by atoms with Crippen molar-refractivity contribution in [2.24, 2.45) is 5.92 Å². The molecule has 4 heteroatoms. The van der Waals surface area contributed by atoms with Crippen LogP contribution in [0.3, 0.4) is 0 Å². The zero-order valence-electron chi connectivity index (χ0n) is 10.3. The summed E-state index contributed by atoms with van der Waals surface area (Å²) < 4.78 is 2.04. The van der Waals surface area contributed by atoms with Crippen LogP contribution in [0.4, 0.5) is 0 Å². The molecule has 0 amide bonds. The lowest BCUT2D eigenvalue weighted by atomic mass is 9.81. The normalized spacial score (nSPS) is 30.5. The lowest BCUT2D eigenvalue weighted by Gasteiger charge is -2.36. The van der Waals surface area contributed by atoms with Gasteiger partial charge in [0.05, 0.1) is 6.04 Å². The molecule has 1 fully saturated rings. The van der Waals surface area contributed by atoms with Gasteiger partial charge in [0.25, 0.3) is 0 Å². The van der Waals surface area contributed by atoms with Crippen LogP contribution >= 0.6 is 0 Å². The molecule has 0 aromatic carbocycles. The van der Waals surface area contributed by atoms with Crippen molar-refractivity contribution in [3.8, 4) is 0 Å². The molecule has 1 aromatic rings. The van der Waals surface area contributed by atoms with Crippen LogP contribution in [0.15, 0.2) is 12.7 Å². The molecule has 1 aliphatic carbocycles. The molecule has 1 heterocycles. The van der Waals surface area contributed by atoms with Gasteiger partial charge in [-0.25, -0.2) is 9.67 Å². The van der Waals surface area contributed by atoms with E-state index in [-0.39, 0.29) is 0 Å². The van der Waals surface area contributed by atoms with Crippen molar-refractivity contribution < 1.29 is 0 Å². The third kappa shape index (κ3) is 2.43. The lowest BCUT2D eigenvalue weighted by Crippen LogP contribution is -2.41. The van der Waals surface area contributed by atoms with E-state index in [2.05, 4.69) is 29.2 Å². The molecule has 1 saturated carbocycles. The van der Waals surface area contributed by atoms with Gasteiger partial charge in [-0.05, 0) is 31.7 Å². The third-order valence-electron chi connectivity index (χ3n) is 3.75. The summed E-state index contributed by atoms with van der Waals surface area (Å²) >= 11 is 0. The number of hydrogen-bond donors (Lipinski definition) is 1. The Labute approximate surface area is 97.5 Å². The minimum absolute atomic E-state index is 0.487. The highest BCUT2D eigenvalue weighted by Crippen LogP contribution is 2.33. The largest absolute Gasteiger partial charge is 0.312 e. The fourth-order valence-corrected chi connectivity index (χ4v) is 2.78. The van der Waals surface area contributed by atoms with E-state index in [4.69, 9.17) is 0 Å². The molecule has 3 unspecified atom stereocenters. The molecule has 3 atom stereocenters. The maximum absolute atomic E-state index is 4.31. The Balaban J connectivity index is 2.08. The van der Waals surface area contributed by atoms with Gasteiger partial charge < -0.3 is 5.32 Å². The summed E-state index contributed by atoms with van der Waals surface area (Å²) in [5, 5.41) is 7.89. The van der Waals surface area contributed by atoms with Crippen molar-refractivity contribution >= 4 is 0 Å². The van der Waals surface area contributed by atoms with Crippen LogP contribution in [0.25, 0.3) is 0 Å². The van der Waals surface area contributed by atoms with Gasteiger partial charge in [-0.2, -0.15) is 5.10 Å². The summed E-state index contributed by atoms with van der Waals surface area (Å²) in [6, 6.07) is 1.05. The molecule has 0 spiro atoms. The molecule has 0 radical (unpaired) electrons. The summed E-state index contributed by atoms with van der Waals surface area (Å²) in [4.78, 5) is 4.07. The topological polar surface area (TPSA) is 42.7 Å². The Morgan fingerprint density at radius 1 is 1.38 bits per heavy atom. The number of likely N-dealkylation sites (N-methyl/N-ethyl adjacent to an activating group) is 1. The number of aromatic nitrogens is 3. The zero-order chi connectivity index (χ0) is 11.4. The first-order valence-electron chi connectivity index (χ1n) is 6.42. The van der Waals surface area contributed by atoms with Gasteiger partial charge in [-0.3, -0.25) is 0 Å². The van der Waals surface area contributed by atoms with Crippen LogP contribution in [-0.2, 0) is 0 Å². The van der Waals surface area contributed by atoms with E-state index in [1.165, 1.54) is 25.7 Å². The summed E-state index contributed by atoms with van der Waals surface area (Å²) in [7, 11) is 0.